The van der Waals surface area contributed by atoms with Gasteiger partial charge in [0.25, 0.3) is 0 Å². The fourth-order valence-electron chi connectivity index (χ4n) is 1.12. The molecule has 1 rings (SSSR count). The lowest BCUT2D eigenvalue weighted by atomic mass is 10.3. The molecule has 15 heavy (non-hydrogen) atoms. The molecule has 1 aromatic rings. The first-order valence-corrected chi connectivity index (χ1v) is 5.16. The van der Waals surface area contributed by atoms with Gasteiger partial charge in [0.2, 0.25) is 5.95 Å². The Morgan fingerprint density at radius 1 is 1.40 bits per heavy atom. The molecular weight excluding hydrogens is 192 g/mol. The Balaban J connectivity index is 2.36. The summed E-state index contributed by atoms with van der Waals surface area (Å²) in [6.07, 6.45) is 3.23. The first-order chi connectivity index (χ1) is 7.22. The quantitative estimate of drug-likeness (QED) is 0.633. The molecule has 1 heterocycles. The number of anilines is 1. The van der Waals surface area contributed by atoms with Crippen molar-refractivity contribution < 1.29 is 5.11 Å². The normalized spacial score (nSPS) is 12.5. The highest BCUT2D eigenvalue weighted by Crippen LogP contribution is 1.99. The molecule has 5 nitrogen and oxygen atoms in total. The van der Waals surface area contributed by atoms with Crippen LogP contribution in [0.1, 0.15) is 19.4 Å². The maximum atomic E-state index is 9.04. The molecule has 0 fully saturated rings. The van der Waals surface area contributed by atoms with Crippen LogP contribution in [0.3, 0.4) is 0 Å². The number of aromatic nitrogens is 2. The number of aliphatic hydroxyl groups excluding tert-OH is 1. The number of hydrogen-bond donors (Lipinski definition) is 3. The molecule has 0 aliphatic rings. The Morgan fingerprint density at radius 2 is 2.07 bits per heavy atom. The highest BCUT2D eigenvalue weighted by Gasteiger charge is 1.97. The van der Waals surface area contributed by atoms with Gasteiger partial charge in [-0.2, -0.15) is 0 Å². The zero-order chi connectivity index (χ0) is 11.1. The molecule has 1 aromatic heterocycles. The van der Waals surface area contributed by atoms with Crippen molar-refractivity contribution in [2.45, 2.75) is 26.5 Å². The van der Waals surface area contributed by atoms with Crippen LogP contribution in [0.25, 0.3) is 0 Å². The van der Waals surface area contributed by atoms with E-state index in [9.17, 15) is 0 Å². The van der Waals surface area contributed by atoms with Gasteiger partial charge in [-0.3, -0.25) is 0 Å². The van der Waals surface area contributed by atoms with Crippen LogP contribution in [0.15, 0.2) is 12.4 Å². The molecule has 1 unspecified atom stereocenters. The van der Waals surface area contributed by atoms with E-state index in [1.54, 1.807) is 19.3 Å². The minimum Gasteiger partial charge on any atom is -0.392 e. The molecule has 0 aliphatic heterocycles. The number of rotatable bonds is 6. The van der Waals surface area contributed by atoms with Gasteiger partial charge in [0.1, 0.15) is 0 Å². The van der Waals surface area contributed by atoms with Crippen LogP contribution in [0.2, 0.25) is 0 Å². The molecule has 3 N–H and O–H groups in total. The second kappa shape index (κ2) is 6.31. The van der Waals surface area contributed by atoms with Crippen LogP contribution >= 0.6 is 0 Å². The van der Waals surface area contributed by atoms with E-state index in [1.165, 1.54) is 0 Å². The molecule has 0 radical (unpaired) electrons. The maximum Gasteiger partial charge on any atom is 0.222 e. The molecule has 0 spiro atoms. The van der Waals surface area contributed by atoms with Crippen LogP contribution in [-0.2, 0) is 6.54 Å². The van der Waals surface area contributed by atoms with Gasteiger partial charge in [0, 0.05) is 37.6 Å². The molecule has 0 aromatic carbocycles. The van der Waals surface area contributed by atoms with Crippen molar-refractivity contribution in [1.29, 1.82) is 0 Å². The van der Waals surface area contributed by atoms with E-state index in [0.29, 0.717) is 19.0 Å². The molecule has 84 valence electrons. The first kappa shape index (κ1) is 11.9. The van der Waals surface area contributed by atoms with Crippen molar-refractivity contribution in [3.05, 3.63) is 18.0 Å². The standard InChI is InChI=1S/C10H18N4O/c1-3-12-10-13-6-9(7-14-10)5-11-4-8(2)15/h6-8,11,15H,3-5H2,1-2H3,(H,12,13,14). The van der Waals surface area contributed by atoms with Gasteiger partial charge >= 0.3 is 0 Å². The zero-order valence-electron chi connectivity index (χ0n) is 9.20. The van der Waals surface area contributed by atoms with Crippen molar-refractivity contribution in [3.63, 3.8) is 0 Å². The fraction of sp³-hybridized carbons (Fsp3) is 0.600. The van der Waals surface area contributed by atoms with Gasteiger partial charge in [-0.05, 0) is 13.8 Å². The second-order valence-corrected chi connectivity index (χ2v) is 3.43. The van der Waals surface area contributed by atoms with Crippen LogP contribution < -0.4 is 10.6 Å². The second-order valence-electron chi connectivity index (χ2n) is 3.43. The number of nitrogens with zero attached hydrogens (tertiary/aromatic N) is 2. The molecule has 0 aliphatic carbocycles. The van der Waals surface area contributed by atoms with E-state index in [1.807, 2.05) is 6.92 Å². The van der Waals surface area contributed by atoms with Gasteiger partial charge in [0.15, 0.2) is 0 Å². The van der Waals surface area contributed by atoms with Crippen molar-refractivity contribution in [3.8, 4) is 0 Å². The van der Waals surface area contributed by atoms with Crippen molar-refractivity contribution in [1.82, 2.24) is 15.3 Å². The molecule has 1 atom stereocenters. The fourth-order valence-corrected chi connectivity index (χ4v) is 1.12. The summed E-state index contributed by atoms with van der Waals surface area (Å²) in [6.45, 7) is 5.82. The Bertz CT molecular complexity index is 273. The van der Waals surface area contributed by atoms with E-state index in [2.05, 4.69) is 20.6 Å². The summed E-state index contributed by atoms with van der Waals surface area (Å²) < 4.78 is 0. The highest BCUT2D eigenvalue weighted by molar-refractivity contribution is 5.24. The summed E-state index contributed by atoms with van der Waals surface area (Å²) in [7, 11) is 0. The molecule has 5 heteroatoms. The van der Waals surface area contributed by atoms with Gasteiger partial charge in [-0.15, -0.1) is 0 Å². The molecular formula is C10H18N4O. The average molecular weight is 210 g/mol. The monoisotopic (exact) mass is 210 g/mol. The lowest BCUT2D eigenvalue weighted by Gasteiger charge is -2.06. The van der Waals surface area contributed by atoms with E-state index in [-0.39, 0.29) is 6.10 Å². The van der Waals surface area contributed by atoms with Crippen LogP contribution in [0.4, 0.5) is 5.95 Å². The summed E-state index contributed by atoms with van der Waals surface area (Å²) in [5, 5.41) is 15.2. The van der Waals surface area contributed by atoms with Crippen molar-refractivity contribution in [2.24, 2.45) is 0 Å². The summed E-state index contributed by atoms with van der Waals surface area (Å²) in [5.41, 5.74) is 1.01. The van der Waals surface area contributed by atoms with E-state index in [0.717, 1.165) is 12.1 Å². The van der Waals surface area contributed by atoms with E-state index < -0.39 is 0 Å². The predicted octanol–water partition coefficient (Wildman–Crippen LogP) is 0.379. The SMILES string of the molecule is CCNc1ncc(CNCC(C)O)cn1. The van der Waals surface area contributed by atoms with Gasteiger partial charge in [-0.25, -0.2) is 9.97 Å². The number of aliphatic hydroxyl groups is 1. The largest absolute Gasteiger partial charge is 0.392 e. The number of nitrogens with one attached hydrogen (secondary N) is 2. The van der Waals surface area contributed by atoms with Gasteiger partial charge in [0.05, 0.1) is 6.10 Å². The minimum absolute atomic E-state index is 0.327. The third-order valence-corrected chi connectivity index (χ3v) is 1.81. The van der Waals surface area contributed by atoms with E-state index >= 15 is 0 Å². The summed E-state index contributed by atoms with van der Waals surface area (Å²) >= 11 is 0. The minimum atomic E-state index is -0.327. The predicted molar refractivity (Wildman–Crippen MR) is 59.6 cm³/mol. The highest BCUT2D eigenvalue weighted by atomic mass is 16.3. The molecule has 0 bridgehead atoms. The summed E-state index contributed by atoms with van der Waals surface area (Å²) in [6, 6.07) is 0. The number of hydrogen-bond acceptors (Lipinski definition) is 5. The Hall–Kier alpha value is -1.20. The van der Waals surface area contributed by atoms with Crippen LogP contribution in [-0.4, -0.2) is 34.3 Å². The van der Waals surface area contributed by atoms with Crippen LogP contribution in [0.5, 0.6) is 0 Å². The van der Waals surface area contributed by atoms with Gasteiger partial charge < -0.3 is 15.7 Å². The molecule has 0 saturated carbocycles. The average Bonchev–Trinajstić information content (AvgIpc) is 2.20. The first-order valence-electron chi connectivity index (χ1n) is 5.16. The van der Waals surface area contributed by atoms with Gasteiger partial charge in [-0.1, -0.05) is 0 Å². The lowest BCUT2D eigenvalue weighted by molar-refractivity contribution is 0.191. The maximum absolute atomic E-state index is 9.04. The van der Waals surface area contributed by atoms with Crippen LogP contribution in [0, 0.1) is 0 Å². The smallest absolute Gasteiger partial charge is 0.222 e. The Labute approximate surface area is 90.0 Å². The zero-order valence-corrected chi connectivity index (χ0v) is 9.20. The lowest BCUT2D eigenvalue weighted by Crippen LogP contribution is -2.24. The third kappa shape index (κ3) is 4.71. The van der Waals surface area contributed by atoms with E-state index in [4.69, 9.17) is 5.11 Å². The molecule has 0 saturated heterocycles. The van der Waals surface area contributed by atoms with Crippen molar-refractivity contribution >= 4 is 5.95 Å². The Kier molecular flexibility index (Phi) is 5.00. The summed E-state index contributed by atoms with van der Waals surface area (Å²) in [5.74, 6) is 0.650. The Morgan fingerprint density at radius 3 is 2.60 bits per heavy atom. The topological polar surface area (TPSA) is 70.1 Å². The third-order valence-electron chi connectivity index (χ3n) is 1.81. The summed E-state index contributed by atoms with van der Waals surface area (Å²) in [4.78, 5) is 8.28. The molecule has 0 amide bonds. The van der Waals surface area contributed by atoms with Crippen molar-refractivity contribution in [2.75, 3.05) is 18.4 Å².